The van der Waals surface area contributed by atoms with Gasteiger partial charge in [-0.2, -0.15) is 0 Å². The van der Waals surface area contributed by atoms with E-state index in [0.29, 0.717) is 29.9 Å². The first-order valence-corrected chi connectivity index (χ1v) is 13.7. The van der Waals surface area contributed by atoms with Gasteiger partial charge in [-0.1, -0.05) is 0 Å². The molecule has 0 bridgehead atoms. The number of fused-ring (bicyclic) bond motifs is 2. The van der Waals surface area contributed by atoms with Crippen molar-refractivity contribution in [3.05, 3.63) is 83.9 Å². The normalized spacial score (nSPS) is 11.6. The molecule has 0 fully saturated rings. The third-order valence-corrected chi connectivity index (χ3v) is 7.97. The van der Waals surface area contributed by atoms with Crippen molar-refractivity contribution in [2.24, 2.45) is 0 Å². The fraction of sp³-hybridized carbons (Fsp3) is 0.0833. The van der Waals surface area contributed by atoms with Gasteiger partial charge in [0, 0.05) is 0 Å². The Balaban J connectivity index is 1.80. The van der Waals surface area contributed by atoms with Crippen LogP contribution in [-0.2, 0) is 0 Å². The van der Waals surface area contributed by atoms with Gasteiger partial charge in [0.2, 0.25) is 0 Å². The van der Waals surface area contributed by atoms with Crippen molar-refractivity contribution < 1.29 is 0 Å². The molecule has 0 saturated heterocycles. The molecule has 4 aromatic rings. The maximum absolute atomic E-state index is 2.36. The number of benzene rings is 4. The SMILES string of the molecule is C[Se]c1cc2ccccc2cc1C=Cc1cc2ccccc2cc1[Se]C. The molecule has 2 heteroatoms. The van der Waals surface area contributed by atoms with Crippen LogP contribution >= 0.6 is 0 Å². The molecule has 0 atom stereocenters. The zero-order chi connectivity index (χ0) is 17.9. The van der Waals surface area contributed by atoms with Crippen molar-refractivity contribution in [3.8, 4) is 0 Å². The minimum absolute atomic E-state index is 0.477. The van der Waals surface area contributed by atoms with Crippen LogP contribution in [0.4, 0.5) is 0 Å². The molecule has 0 unspecified atom stereocenters. The van der Waals surface area contributed by atoms with E-state index in [9.17, 15) is 0 Å². The summed E-state index contributed by atoms with van der Waals surface area (Å²) in [5.74, 6) is 4.59. The standard InChI is InChI=1S/C24H20Se2/c1-25-23-15-19-9-5-3-7-17(19)13-21(23)11-12-22-14-18-8-4-6-10-20(18)16-24(22)26-2/h3-16H,1-2H3. The van der Waals surface area contributed by atoms with E-state index in [0.717, 1.165) is 0 Å². The van der Waals surface area contributed by atoms with Gasteiger partial charge in [0.15, 0.2) is 0 Å². The molecule has 0 amide bonds. The molecule has 0 aliphatic carbocycles. The van der Waals surface area contributed by atoms with Crippen LogP contribution in [0.5, 0.6) is 0 Å². The Hall–Kier alpha value is -1.82. The predicted octanol–water partition coefficient (Wildman–Crippen LogP) is 4.92. The summed E-state index contributed by atoms with van der Waals surface area (Å²) in [5.41, 5.74) is 2.71. The van der Waals surface area contributed by atoms with Gasteiger partial charge in [0.1, 0.15) is 0 Å². The fourth-order valence-electron chi connectivity index (χ4n) is 3.27. The van der Waals surface area contributed by atoms with Crippen molar-refractivity contribution in [3.63, 3.8) is 0 Å². The first-order valence-electron chi connectivity index (χ1n) is 8.60. The zero-order valence-corrected chi connectivity index (χ0v) is 18.3. The van der Waals surface area contributed by atoms with Crippen LogP contribution in [0.25, 0.3) is 33.7 Å². The summed E-state index contributed by atoms with van der Waals surface area (Å²) in [4.78, 5) is 0. The fourth-order valence-corrected chi connectivity index (χ4v) is 5.82. The summed E-state index contributed by atoms with van der Waals surface area (Å²) in [6.45, 7) is 0. The van der Waals surface area contributed by atoms with Gasteiger partial charge >= 0.3 is 168 Å². The Morgan fingerprint density at radius 1 is 0.538 bits per heavy atom. The third-order valence-electron chi connectivity index (χ3n) is 4.64. The van der Waals surface area contributed by atoms with E-state index in [-0.39, 0.29) is 0 Å². The summed E-state index contributed by atoms with van der Waals surface area (Å²) >= 11 is 0.954. The van der Waals surface area contributed by atoms with Crippen LogP contribution in [0, 0.1) is 0 Å². The molecule has 4 aromatic carbocycles. The average molecular weight is 466 g/mol. The summed E-state index contributed by atoms with van der Waals surface area (Å²) in [6, 6.07) is 26.7. The van der Waals surface area contributed by atoms with Crippen molar-refractivity contribution >= 4 is 72.5 Å². The molecule has 26 heavy (non-hydrogen) atoms. The zero-order valence-electron chi connectivity index (χ0n) is 14.9. The molecule has 0 nitrogen and oxygen atoms in total. The van der Waals surface area contributed by atoms with Crippen molar-refractivity contribution in [1.82, 2.24) is 0 Å². The van der Waals surface area contributed by atoms with Gasteiger partial charge < -0.3 is 0 Å². The van der Waals surface area contributed by atoms with Gasteiger partial charge in [0.25, 0.3) is 0 Å². The van der Waals surface area contributed by atoms with Crippen LogP contribution in [0.2, 0.25) is 11.6 Å². The number of hydrogen-bond donors (Lipinski definition) is 0. The minimum atomic E-state index is 0.477. The molecule has 0 aliphatic rings. The van der Waals surface area contributed by atoms with Crippen molar-refractivity contribution in [2.75, 3.05) is 0 Å². The molecular formula is C24H20Se2. The van der Waals surface area contributed by atoms with Crippen LogP contribution < -0.4 is 8.92 Å². The van der Waals surface area contributed by atoms with Gasteiger partial charge in [0.05, 0.1) is 0 Å². The quantitative estimate of drug-likeness (QED) is 0.296. The maximum atomic E-state index is 2.36. The summed E-state index contributed by atoms with van der Waals surface area (Å²) < 4.78 is 2.94. The molecule has 0 heterocycles. The van der Waals surface area contributed by atoms with E-state index in [1.54, 1.807) is 0 Å². The van der Waals surface area contributed by atoms with E-state index >= 15 is 0 Å². The van der Waals surface area contributed by atoms with Crippen LogP contribution in [-0.4, -0.2) is 29.9 Å². The summed E-state index contributed by atoms with van der Waals surface area (Å²) in [6.07, 6.45) is 4.62. The second kappa shape index (κ2) is 7.82. The molecular weight excluding hydrogens is 446 g/mol. The van der Waals surface area contributed by atoms with E-state index in [1.165, 1.54) is 41.6 Å². The molecule has 0 aromatic heterocycles. The number of rotatable bonds is 4. The average Bonchev–Trinajstić information content (AvgIpc) is 2.70. The van der Waals surface area contributed by atoms with Gasteiger partial charge in [-0.3, -0.25) is 0 Å². The van der Waals surface area contributed by atoms with Crippen molar-refractivity contribution in [2.45, 2.75) is 11.6 Å². The van der Waals surface area contributed by atoms with Crippen LogP contribution in [0.3, 0.4) is 0 Å². The molecule has 0 aliphatic heterocycles. The molecule has 4 rings (SSSR count). The van der Waals surface area contributed by atoms with E-state index in [2.05, 4.69) is 96.6 Å². The summed E-state index contributed by atoms with van der Waals surface area (Å²) in [5, 5.41) is 5.32. The van der Waals surface area contributed by atoms with E-state index in [1.807, 2.05) is 0 Å². The Bertz CT molecular complexity index is 1020. The van der Waals surface area contributed by atoms with Crippen molar-refractivity contribution in [1.29, 1.82) is 0 Å². The summed E-state index contributed by atoms with van der Waals surface area (Å²) in [7, 11) is 0. The van der Waals surface area contributed by atoms with E-state index < -0.39 is 0 Å². The van der Waals surface area contributed by atoms with E-state index in [4.69, 9.17) is 0 Å². The van der Waals surface area contributed by atoms with Crippen LogP contribution in [0.1, 0.15) is 11.1 Å². The molecule has 0 N–H and O–H groups in total. The van der Waals surface area contributed by atoms with Gasteiger partial charge in [-0.05, 0) is 0 Å². The molecule has 0 spiro atoms. The van der Waals surface area contributed by atoms with Gasteiger partial charge in [-0.15, -0.1) is 0 Å². The predicted molar refractivity (Wildman–Crippen MR) is 119 cm³/mol. The first kappa shape index (κ1) is 17.6. The topological polar surface area (TPSA) is 0 Å². The third kappa shape index (κ3) is 3.52. The second-order valence-electron chi connectivity index (χ2n) is 6.22. The monoisotopic (exact) mass is 468 g/mol. The molecule has 128 valence electrons. The molecule has 0 saturated carbocycles. The number of hydrogen-bond acceptors (Lipinski definition) is 0. The molecule has 0 radical (unpaired) electrons. The van der Waals surface area contributed by atoms with Crippen LogP contribution in [0.15, 0.2) is 72.8 Å². The first-order chi connectivity index (χ1) is 12.8. The van der Waals surface area contributed by atoms with Gasteiger partial charge in [-0.25, -0.2) is 0 Å². The Morgan fingerprint density at radius 2 is 0.885 bits per heavy atom. The Labute approximate surface area is 167 Å². The second-order valence-corrected chi connectivity index (χ2v) is 9.77. The Morgan fingerprint density at radius 3 is 1.23 bits per heavy atom. The Kier molecular flexibility index (Phi) is 5.29.